The van der Waals surface area contributed by atoms with E-state index in [9.17, 15) is 13.2 Å². The molecule has 1 aliphatic rings. The molecule has 3 aromatic rings. The van der Waals surface area contributed by atoms with E-state index in [1.807, 2.05) is 31.2 Å². The molecule has 3 heterocycles. The van der Waals surface area contributed by atoms with Crippen LogP contribution < -0.4 is 9.62 Å². The molecule has 0 bridgehead atoms. The van der Waals surface area contributed by atoms with Gasteiger partial charge in [-0.3, -0.25) is 9.10 Å². The molecular formula is C20H18N2O4S2. The molecule has 2 aromatic heterocycles. The maximum Gasteiger partial charge on any atom is 0.270 e. The number of carbonyl (C=O) groups excluding carboxylic acids is 1. The zero-order valence-corrected chi connectivity index (χ0v) is 16.7. The molecular weight excluding hydrogens is 396 g/mol. The lowest BCUT2D eigenvalue weighted by Gasteiger charge is -2.29. The number of carbonyl (C=O) groups is 1. The summed E-state index contributed by atoms with van der Waals surface area (Å²) in [5.41, 5.74) is 2.38. The number of ketones is 1. The van der Waals surface area contributed by atoms with Crippen LogP contribution in [-0.4, -0.2) is 14.2 Å². The molecule has 1 aliphatic heterocycles. The van der Waals surface area contributed by atoms with Crippen LogP contribution in [0.3, 0.4) is 0 Å². The molecule has 0 fully saturated rings. The van der Waals surface area contributed by atoms with Crippen LogP contribution in [0.25, 0.3) is 0 Å². The first-order valence-electron chi connectivity index (χ1n) is 8.63. The fourth-order valence-electron chi connectivity index (χ4n) is 2.97. The molecule has 1 N–H and O–H groups in total. The van der Waals surface area contributed by atoms with Crippen LogP contribution in [0.1, 0.15) is 26.6 Å². The number of benzene rings is 1. The van der Waals surface area contributed by atoms with Gasteiger partial charge < -0.3 is 9.73 Å². The van der Waals surface area contributed by atoms with Crippen molar-refractivity contribution in [1.82, 2.24) is 5.32 Å². The molecule has 6 nitrogen and oxygen atoms in total. The van der Waals surface area contributed by atoms with Gasteiger partial charge in [-0.2, -0.15) is 0 Å². The minimum Gasteiger partial charge on any atom is -0.467 e. The molecule has 0 unspecified atom stereocenters. The second-order valence-corrected chi connectivity index (χ2v) is 9.18. The summed E-state index contributed by atoms with van der Waals surface area (Å²) < 4.78 is 33.0. The fourth-order valence-corrected chi connectivity index (χ4v) is 5.48. The number of sulfonamides is 1. The van der Waals surface area contributed by atoms with Crippen LogP contribution >= 0.6 is 11.3 Å². The first kappa shape index (κ1) is 18.5. The normalized spacial score (nSPS) is 17.0. The quantitative estimate of drug-likeness (QED) is 0.642. The molecule has 0 atom stereocenters. The number of hydrogen-bond donors (Lipinski definition) is 1. The van der Waals surface area contributed by atoms with Gasteiger partial charge in [0.05, 0.1) is 25.0 Å². The van der Waals surface area contributed by atoms with Crippen LogP contribution in [0.5, 0.6) is 0 Å². The minimum absolute atomic E-state index is 0.162. The first-order valence-corrected chi connectivity index (χ1v) is 11.0. The third-order valence-corrected chi connectivity index (χ3v) is 7.12. The Morgan fingerprint density at radius 2 is 1.96 bits per heavy atom. The van der Waals surface area contributed by atoms with E-state index in [-0.39, 0.29) is 18.0 Å². The number of nitrogens with zero attached hydrogens (tertiary/aromatic N) is 1. The van der Waals surface area contributed by atoms with Gasteiger partial charge in [0.15, 0.2) is 4.91 Å². The lowest BCUT2D eigenvalue weighted by Crippen LogP contribution is -2.38. The largest absolute Gasteiger partial charge is 0.467 e. The third kappa shape index (κ3) is 3.36. The van der Waals surface area contributed by atoms with Gasteiger partial charge in [-0.15, -0.1) is 11.3 Å². The Morgan fingerprint density at radius 1 is 1.18 bits per heavy atom. The summed E-state index contributed by atoms with van der Waals surface area (Å²) in [6.45, 7) is 2.42. The van der Waals surface area contributed by atoms with Crippen molar-refractivity contribution in [1.29, 1.82) is 0 Å². The lowest BCUT2D eigenvalue weighted by atomic mass is 10.1. The van der Waals surface area contributed by atoms with Gasteiger partial charge in [0, 0.05) is 6.20 Å². The number of hydrogen-bond acceptors (Lipinski definition) is 6. The minimum atomic E-state index is -3.99. The van der Waals surface area contributed by atoms with Crippen LogP contribution in [0.15, 0.2) is 69.6 Å². The Hall–Kier alpha value is -2.84. The van der Waals surface area contributed by atoms with E-state index >= 15 is 0 Å². The number of Topliss-reactive ketones (excluding diaryl/α,β-unsaturated/α-hetero) is 1. The van der Waals surface area contributed by atoms with Crippen molar-refractivity contribution in [3.63, 3.8) is 0 Å². The molecule has 0 radical (unpaired) electrons. The Balaban J connectivity index is 1.68. The summed E-state index contributed by atoms with van der Waals surface area (Å²) in [5.74, 6) is 0.155. The fraction of sp³-hybridized carbons (Fsp3) is 0.150. The second kappa shape index (κ2) is 7.29. The highest BCUT2D eigenvalue weighted by atomic mass is 32.2. The van der Waals surface area contributed by atoms with Crippen molar-refractivity contribution in [2.45, 2.75) is 20.0 Å². The lowest BCUT2D eigenvalue weighted by molar-refractivity contribution is 0.104. The van der Waals surface area contributed by atoms with Crippen molar-refractivity contribution in [3.8, 4) is 0 Å². The third-order valence-electron chi connectivity index (χ3n) is 4.45. The summed E-state index contributed by atoms with van der Waals surface area (Å²) >= 11 is 1.24. The number of nitrogens with one attached hydrogen (secondary N) is 1. The molecule has 0 spiro atoms. The van der Waals surface area contributed by atoms with Crippen LogP contribution in [0.4, 0.5) is 5.69 Å². The molecule has 8 heteroatoms. The molecule has 0 aliphatic carbocycles. The predicted octanol–water partition coefficient (Wildman–Crippen LogP) is 3.81. The molecule has 144 valence electrons. The van der Waals surface area contributed by atoms with Gasteiger partial charge >= 0.3 is 0 Å². The van der Waals surface area contributed by atoms with Gasteiger partial charge in [0.1, 0.15) is 10.6 Å². The number of aryl methyl sites for hydroxylation is 1. The molecule has 0 saturated carbocycles. The number of rotatable bonds is 5. The Kier molecular flexibility index (Phi) is 4.82. The van der Waals surface area contributed by atoms with Crippen molar-refractivity contribution < 1.29 is 17.6 Å². The average molecular weight is 415 g/mol. The average Bonchev–Trinajstić information content (AvgIpc) is 3.35. The monoisotopic (exact) mass is 414 g/mol. The first-order chi connectivity index (χ1) is 13.5. The molecule has 28 heavy (non-hydrogen) atoms. The highest BCUT2D eigenvalue weighted by molar-refractivity contribution is 7.97. The number of fused-ring (bicyclic) bond motifs is 1. The Morgan fingerprint density at radius 3 is 2.68 bits per heavy atom. The second-order valence-electron chi connectivity index (χ2n) is 6.43. The van der Waals surface area contributed by atoms with E-state index in [4.69, 9.17) is 4.42 Å². The van der Waals surface area contributed by atoms with E-state index in [0.717, 1.165) is 11.1 Å². The van der Waals surface area contributed by atoms with E-state index in [2.05, 4.69) is 5.32 Å². The number of furan rings is 1. The van der Waals surface area contributed by atoms with Gasteiger partial charge in [-0.1, -0.05) is 29.8 Å². The van der Waals surface area contributed by atoms with Crippen LogP contribution in [-0.2, 0) is 23.1 Å². The molecule has 0 saturated heterocycles. The van der Waals surface area contributed by atoms with Crippen LogP contribution in [0.2, 0.25) is 0 Å². The van der Waals surface area contributed by atoms with Gasteiger partial charge in [-0.25, -0.2) is 8.42 Å². The van der Waals surface area contributed by atoms with E-state index in [0.29, 0.717) is 16.3 Å². The predicted molar refractivity (Wildman–Crippen MR) is 109 cm³/mol. The number of thiophene rings is 1. The van der Waals surface area contributed by atoms with Crippen molar-refractivity contribution in [2.24, 2.45) is 0 Å². The van der Waals surface area contributed by atoms with E-state index < -0.39 is 15.8 Å². The zero-order chi connectivity index (χ0) is 19.7. The smallest absolute Gasteiger partial charge is 0.270 e. The van der Waals surface area contributed by atoms with E-state index in [1.165, 1.54) is 28.1 Å². The van der Waals surface area contributed by atoms with Crippen molar-refractivity contribution >= 4 is 32.8 Å². The van der Waals surface area contributed by atoms with Crippen molar-refractivity contribution in [3.05, 3.63) is 87.0 Å². The van der Waals surface area contributed by atoms with Gasteiger partial charge in [0.2, 0.25) is 5.78 Å². The topological polar surface area (TPSA) is 79.6 Å². The highest BCUT2D eigenvalue weighted by Crippen LogP contribution is 2.39. The van der Waals surface area contributed by atoms with Gasteiger partial charge in [0.25, 0.3) is 10.0 Å². The maximum atomic E-state index is 13.2. The SMILES string of the molecule is Cc1ccc(CN2c3ccsc3C(=O)/C(=C/NCc3ccco3)S2(=O)=O)cc1. The zero-order valence-electron chi connectivity index (χ0n) is 15.1. The van der Waals surface area contributed by atoms with Gasteiger partial charge in [-0.05, 0) is 36.1 Å². The summed E-state index contributed by atoms with van der Waals surface area (Å²) in [6.07, 6.45) is 2.80. The van der Waals surface area contributed by atoms with Crippen LogP contribution in [0, 0.1) is 6.92 Å². The molecule has 0 amide bonds. The standard InChI is InChI=1S/C20H18N2O4S2/c1-14-4-6-15(7-5-14)13-22-17-8-10-27-20(17)19(23)18(28(22,24)25)12-21-11-16-3-2-9-26-16/h2-10,12,21H,11,13H2,1H3/b18-12-. The number of anilines is 1. The van der Waals surface area contributed by atoms with E-state index in [1.54, 1.807) is 23.6 Å². The van der Waals surface area contributed by atoms with Crippen molar-refractivity contribution in [2.75, 3.05) is 4.31 Å². The summed E-state index contributed by atoms with van der Waals surface area (Å²) in [7, 11) is -3.99. The summed E-state index contributed by atoms with van der Waals surface area (Å²) in [6, 6.07) is 12.9. The number of allylic oxidation sites excluding steroid dienone is 1. The molecule has 1 aromatic carbocycles. The highest BCUT2D eigenvalue weighted by Gasteiger charge is 2.41. The Labute approximate surface area is 167 Å². The molecule has 4 rings (SSSR count). The maximum absolute atomic E-state index is 13.2. The Bertz CT molecular complexity index is 1130. The summed E-state index contributed by atoms with van der Waals surface area (Å²) in [5, 5.41) is 4.62. The summed E-state index contributed by atoms with van der Waals surface area (Å²) in [4.78, 5) is 13.0.